The number of benzene rings is 3. The lowest BCUT2D eigenvalue weighted by Crippen LogP contribution is -2.27. The molecule has 1 aromatic heterocycles. The number of rotatable bonds is 12. The lowest BCUT2D eigenvalue weighted by atomic mass is 10.0. The second-order valence-electron chi connectivity index (χ2n) is 9.16. The third kappa shape index (κ3) is 6.02. The van der Waals surface area contributed by atoms with Gasteiger partial charge in [0, 0.05) is 18.5 Å². The summed E-state index contributed by atoms with van der Waals surface area (Å²) >= 11 is 0. The van der Waals surface area contributed by atoms with Gasteiger partial charge in [0.1, 0.15) is 18.2 Å². The number of carbonyl (C=O) groups excluding carboxylic acids is 1. The van der Waals surface area contributed by atoms with E-state index in [1.807, 2.05) is 30.3 Å². The predicted molar refractivity (Wildman–Crippen MR) is 148 cm³/mol. The fourth-order valence-electron chi connectivity index (χ4n) is 4.37. The molecule has 0 aliphatic rings. The van der Waals surface area contributed by atoms with Crippen molar-refractivity contribution in [1.29, 1.82) is 0 Å². The Bertz CT molecular complexity index is 1350. The maximum atomic E-state index is 12.9. The molecule has 0 atom stereocenters. The van der Waals surface area contributed by atoms with Gasteiger partial charge in [-0.3, -0.25) is 4.79 Å². The Hall–Kier alpha value is -4.20. The van der Waals surface area contributed by atoms with Crippen LogP contribution < -0.4 is 24.3 Å². The number of amides is 1. The lowest BCUT2D eigenvalue weighted by Gasteiger charge is -2.14. The lowest BCUT2D eigenvalue weighted by molar-refractivity contribution is 0.0953. The minimum absolute atomic E-state index is 0.236. The molecule has 4 aromatic rings. The van der Waals surface area contributed by atoms with Crippen LogP contribution in [0.15, 0.2) is 60.7 Å². The number of nitrogens with one attached hydrogen (secondary N) is 1. The van der Waals surface area contributed by atoms with Crippen molar-refractivity contribution in [3.8, 4) is 23.0 Å². The Morgan fingerprint density at radius 2 is 1.63 bits per heavy atom. The molecule has 0 radical (unpaired) electrons. The molecule has 1 N–H and O–H groups in total. The van der Waals surface area contributed by atoms with E-state index in [1.165, 1.54) is 26.9 Å². The normalized spacial score (nSPS) is 11.0. The van der Waals surface area contributed by atoms with Gasteiger partial charge in [-0.25, -0.2) is 4.98 Å². The number of hydrogen-bond donors (Lipinski definition) is 1. The van der Waals surface area contributed by atoms with Crippen LogP contribution in [0.4, 0.5) is 0 Å². The fraction of sp³-hybridized carbons (Fsp3) is 0.333. The van der Waals surface area contributed by atoms with Crippen molar-refractivity contribution in [2.24, 2.45) is 0 Å². The van der Waals surface area contributed by atoms with Crippen molar-refractivity contribution in [2.75, 3.05) is 34.5 Å². The summed E-state index contributed by atoms with van der Waals surface area (Å²) in [5, 5.41) is 2.98. The SMILES string of the molecule is COc1cc(C(=O)NCCc2nc3ccccc3n2CCOc2ccc(C(C)C)cc2)cc(OC)c1OC. The molecule has 0 bridgehead atoms. The quantitative estimate of drug-likeness (QED) is 0.277. The van der Waals surface area contributed by atoms with Crippen molar-refractivity contribution in [2.45, 2.75) is 32.7 Å². The Morgan fingerprint density at radius 3 is 2.26 bits per heavy atom. The van der Waals surface area contributed by atoms with Gasteiger partial charge in [-0.05, 0) is 47.9 Å². The largest absolute Gasteiger partial charge is 0.493 e. The van der Waals surface area contributed by atoms with Crippen LogP contribution in [0.2, 0.25) is 0 Å². The van der Waals surface area contributed by atoms with Gasteiger partial charge in [-0.15, -0.1) is 0 Å². The zero-order chi connectivity index (χ0) is 27.1. The first-order valence-electron chi connectivity index (χ1n) is 12.7. The number of fused-ring (bicyclic) bond motifs is 1. The zero-order valence-corrected chi connectivity index (χ0v) is 22.6. The van der Waals surface area contributed by atoms with Crippen molar-refractivity contribution >= 4 is 16.9 Å². The third-order valence-corrected chi connectivity index (χ3v) is 6.43. The minimum Gasteiger partial charge on any atom is -0.493 e. The van der Waals surface area contributed by atoms with Crippen LogP contribution in [0.1, 0.15) is 41.5 Å². The van der Waals surface area contributed by atoms with Crippen LogP contribution in [-0.4, -0.2) is 49.9 Å². The molecule has 0 spiro atoms. The fourth-order valence-corrected chi connectivity index (χ4v) is 4.37. The predicted octanol–water partition coefficient (Wildman–Crippen LogP) is 5.24. The zero-order valence-electron chi connectivity index (χ0n) is 22.6. The van der Waals surface area contributed by atoms with E-state index in [-0.39, 0.29) is 5.91 Å². The first kappa shape index (κ1) is 26.9. The highest BCUT2D eigenvalue weighted by Crippen LogP contribution is 2.38. The van der Waals surface area contributed by atoms with E-state index in [2.05, 4.69) is 41.9 Å². The molecule has 8 nitrogen and oxygen atoms in total. The second-order valence-corrected chi connectivity index (χ2v) is 9.16. The van der Waals surface area contributed by atoms with E-state index in [4.69, 9.17) is 23.9 Å². The summed E-state index contributed by atoms with van der Waals surface area (Å²) in [4.78, 5) is 17.7. The molecule has 0 aliphatic carbocycles. The molecule has 3 aromatic carbocycles. The number of ether oxygens (including phenoxy) is 4. The highest BCUT2D eigenvalue weighted by atomic mass is 16.5. The molecule has 1 amide bonds. The summed E-state index contributed by atoms with van der Waals surface area (Å²) in [5.41, 5.74) is 3.66. The summed E-state index contributed by atoms with van der Waals surface area (Å²) in [6, 6.07) is 19.5. The number of imidazole rings is 1. The Morgan fingerprint density at radius 1 is 0.947 bits per heavy atom. The molecule has 0 unspecified atom stereocenters. The molecule has 0 fully saturated rings. The van der Waals surface area contributed by atoms with Crippen LogP contribution in [0.25, 0.3) is 11.0 Å². The van der Waals surface area contributed by atoms with Gasteiger partial charge < -0.3 is 28.8 Å². The van der Waals surface area contributed by atoms with E-state index in [0.717, 1.165) is 22.6 Å². The van der Waals surface area contributed by atoms with Gasteiger partial charge in [0.25, 0.3) is 5.91 Å². The van der Waals surface area contributed by atoms with Crippen molar-refractivity contribution < 1.29 is 23.7 Å². The van der Waals surface area contributed by atoms with E-state index >= 15 is 0 Å². The highest BCUT2D eigenvalue weighted by Gasteiger charge is 2.17. The van der Waals surface area contributed by atoms with Gasteiger partial charge in [-0.2, -0.15) is 0 Å². The topological polar surface area (TPSA) is 83.8 Å². The summed E-state index contributed by atoms with van der Waals surface area (Å²) in [6.07, 6.45) is 0.563. The average molecular weight is 518 g/mol. The van der Waals surface area contributed by atoms with Crippen molar-refractivity contribution in [3.05, 3.63) is 77.6 Å². The van der Waals surface area contributed by atoms with Crippen LogP contribution in [0, 0.1) is 0 Å². The Kier molecular flexibility index (Phi) is 8.73. The standard InChI is InChI=1S/C30H35N3O5/c1-20(2)21-10-12-23(13-11-21)38-17-16-33-25-9-7-6-8-24(25)32-28(33)14-15-31-30(34)22-18-26(35-3)29(37-5)27(19-22)36-4/h6-13,18-20H,14-17H2,1-5H3,(H,31,34). The third-order valence-electron chi connectivity index (χ3n) is 6.43. The number of methoxy groups -OCH3 is 3. The van der Waals surface area contributed by atoms with Crippen LogP contribution in [0.5, 0.6) is 23.0 Å². The maximum Gasteiger partial charge on any atom is 0.251 e. The number of nitrogens with zero attached hydrogens (tertiary/aromatic N) is 2. The van der Waals surface area contributed by atoms with Gasteiger partial charge in [0.2, 0.25) is 5.75 Å². The van der Waals surface area contributed by atoms with Crippen LogP contribution in [0.3, 0.4) is 0 Å². The van der Waals surface area contributed by atoms with E-state index in [0.29, 0.717) is 54.8 Å². The number of hydrogen-bond acceptors (Lipinski definition) is 6. The summed E-state index contributed by atoms with van der Waals surface area (Å²) in [7, 11) is 4.57. The number of carbonyl (C=O) groups is 1. The van der Waals surface area contributed by atoms with Crippen molar-refractivity contribution in [1.82, 2.24) is 14.9 Å². The molecule has 8 heteroatoms. The molecule has 0 aliphatic heterocycles. The van der Waals surface area contributed by atoms with E-state index in [9.17, 15) is 4.79 Å². The Labute approximate surface area is 223 Å². The summed E-state index contributed by atoms with van der Waals surface area (Å²) < 4.78 is 24.3. The molecule has 38 heavy (non-hydrogen) atoms. The molecule has 1 heterocycles. The highest BCUT2D eigenvalue weighted by molar-refractivity contribution is 5.95. The number of para-hydroxylation sites is 2. The average Bonchev–Trinajstić information content (AvgIpc) is 3.29. The monoisotopic (exact) mass is 517 g/mol. The second kappa shape index (κ2) is 12.4. The first-order chi connectivity index (χ1) is 18.4. The van der Waals surface area contributed by atoms with Gasteiger partial charge in [-0.1, -0.05) is 38.1 Å². The maximum absolute atomic E-state index is 12.9. The molecular weight excluding hydrogens is 482 g/mol. The van der Waals surface area contributed by atoms with Gasteiger partial charge >= 0.3 is 0 Å². The van der Waals surface area contributed by atoms with E-state index in [1.54, 1.807) is 12.1 Å². The van der Waals surface area contributed by atoms with Gasteiger partial charge in [0.05, 0.1) is 38.9 Å². The van der Waals surface area contributed by atoms with E-state index < -0.39 is 0 Å². The van der Waals surface area contributed by atoms with Crippen LogP contribution >= 0.6 is 0 Å². The summed E-state index contributed by atoms with van der Waals surface area (Å²) in [5.74, 6) is 3.28. The Balaban J connectivity index is 1.42. The van der Waals surface area contributed by atoms with Gasteiger partial charge in [0.15, 0.2) is 11.5 Å². The summed E-state index contributed by atoms with van der Waals surface area (Å²) in [6.45, 7) is 5.91. The molecule has 4 rings (SSSR count). The van der Waals surface area contributed by atoms with Crippen molar-refractivity contribution in [3.63, 3.8) is 0 Å². The molecule has 0 saturated carbocycles. The molecule has 0 saturated heterocycles. The smallest absolute Gasteiger partial charge is 0.251 e. The number of aromatic nitrogens is 2. The minimum atomic E-state index is -0.236. The molecule has 200 valence electrons. The van der Waals surface area contributed by atoms with Crippen LogP contribution in [-0.2, 0) is 13.0 Å². The first-order valence-corrected chi connectivity index (χ1v) is 12.7. The molecular formula is C30H35N3O5.